The molecule has 1 fully saturated rings. The molecule has 7 heavy (non-hydrogen) atoms. The Morgan fingerprint density at radius 2 is 2.71 bits per heavy atom. The summed E-state index contributed by atoms with van der Waals surface area (Å²) in [5.41, 5.74) is 0. The molecule has 0 spiro atoms. The van der Waals surface area contributed by atoms with E-state index in [1.807, 2.05) is 0 Å². The van der Waals surface area contributed by atoms with E-state index in [0.717, 1.165) is 12.5 Å². The fraction of sp³-hybridized carbons (Fsp3) is 1.00. The minimum atomic E-state index is 0.838. The van der Waals surface area contributed by atoms with Gasteiger partial charge in [-0.2, -0.15) is 0 Å². The minimum absolute atomic E-state index is 0.838. The fourth-order valence-corrected chi connectivity index (χ4v) is 1.48. The Balaban J connectivity index is 2.14. The normalized spacial score (nSPS) is 31.3. The van der Waals surface area contributed by atoms with Crippen LogP contribution in [0.15, 0.2) is 0 Å². The van der Waals surface area contributed by atoms with Gasteiger partial charge in [-0.15, -0.1) is 0 Å². The van der Waals surface area contributed by atoms with Crippen molar-refractivity contribution in [2.24, 2.45) is 5.92 Å². The topological polar surface area (TPSA) is 9.23 Å². The van der Waals surface area contributed by atoms with Gasteiger partial charge in [0.1, 0.15) is 0 Å². The molecule has 0 aromatic carbocycles. The molecular weight excluding hydrogens is 108 g/mol. The van der Waals surface area contributed by atoms with Gasteiger partial charge in [-0.05, 0) is 18.0 Å². The Morgan fingerprint density at radius 3 is 3.00 bits per heavy atom. The van der Waals surface area contributed by atoms with E-state index in [1.54, 1.807) is 12.0 Å². The Bertz CT molecular complexity index is 50.0. The molecular formula is C5H10OS. The van der Waals surface area contributed by atoms with E-state index in [9.17, 15) is 0 Å². The zero-order valence-corrected chi connectivity index (χ0v) is 5.33. The molecule has 2 heteroatoms. The SMILES string of the molecule is CCC1COSC1. The smallest absolute Gasteiger partial charge is 0.0650 e. The second-order valence-electron chi connectivity index (χ2n) is 1.84. The summed E-state index contributed by atoms with van der Waals surface area (Å²) in [5.74, 6) is 2.04. The molecule has 0 aromatic heterocycles. The second kappa shape index (κ2) is 2.58. The lowest BCUT2D eigenvalue weighted by Gasteiger charge is -1.95. The molecule has 0 bridgehead atoms. The molecule has 0 amide bonds. The van der Waals surface area contributed by atoms with Crippen molar-refractivity contribution < 1.29 is 4.18 Å². The molecule has 1 rings (SSSR count). The third-order valence-electron chi connectivity index (χ3n) is 1.27. The van der Waals surface area contributed by atoms with E-state index in [1.165, 1.54) is 12.2 Å². The largest absolute Gasteiger partial charge is 0.315 e. The Labute approximate surface area is 48.6 Å². The van der Waals surface area contributed by atoms with Crippen molar-refractivity contribution >= 4 is 12.0 Å². The number of rotatable bonds is 1. The molecule has 0 saturated carbocycles. The Hall–Kier alpha value is 0.310. The maximum atomic E-state index is 5.06. The van der Waals surface area contributed by atoms with Crippen molar-refractivity contribution in [2.75, 3.05) is 12.4 Å². The van der Waals surface area contributed by atoms with Gasteiger partial charge in [0.15, 0.2) is 0 Å². The van der Waals surface area contributed by atoms with Gasteiger partial charge >= 0.3 is 0 Å². The van der Waals surface area contributed by atoms with Crippen LogP contribution in [0.1, 0.15) is 13.3 Å². The highest BCUT2D eigenvalue weighted by Crippen LogP contribution is 2.21. The second-order valence-corrected chi connectivity index (χ2v) is 2.65. The van der Waals surface area contributed by atoms with Gasteiger partial charge in [-0.25, -0.2) is 0 Å². The molecule has 0 N–H and O–H groups in total. The van der Waals surface area contributed by atoms with Gasteiger partial charge in [-0.1, -0.05) is 13.3 Å². The van der Waals surface area contributed by atoms with Crippen LogP contribution in [0.3, 0.4) is 0 Å². The van der Waals surface area contributed by atoms with Crippen LogP contribution in [0.2, 0.25) is 0 Å². The molecule has 1 saturated heterocycles. The lowest BCUT2D eigenvalue weighted by atomic mass is 10.1. The van der Waals surface area contributed by atoms with Crippen LogP contribution in [-0.2, 0) is 4.18 Å². The zero-order valence-electron chi connectivity index (χ0n) is 4.52. The van der Waals surface area contributed by atoms with Crippen LogP contribution < -0.4 is 0 Å². The summed E-state index contributed by atoms with van der Waals surface area (Å²) in [6.45, 7) is 3.18. The van der Waals surface area contributed by atoms with Gasteiger partial charge in [0, 0.05) is 5.75 Å². The highest BCUT2D eigenvalue weighted by molar-refractivity contribution is 7.94. The highest BCUT2D eigenvalue weighted by atomic mass is 32.2. The molecule has 1 nitrogen and oxygen atoms in total. The fourth-order valence-electron chi connectivity index (χ4n) is 0.572. The maximum Gasteiger partial charge on any atom is 0.0650 e. The van der Waals surface area contributed by atoms with E-state index >= 15 is 0 Å². The Kier molecular flexibility index (Phi) is 2.00. The number of hydrogen-bond acceptors (Lipinski definition) is 2. The van der Waals surface area contributed by atoms with Crippen molar-refractivity contribution in [1.29, 1.82) is 0 Å². The molecule has 0 aliphatic carbocycles. The van der Waals surface area contributed by atoms with Crippen molar-refractivity contribution in [1.82, 2.24) is 0 Å². The molecule has 1 aliphatic rings. The van der Waals surface area contributed by atoms with Gasteiger partial charge in [-0.3, -0.25) is 0 Å². The molecule has 0 aromatic rings. The number of hydrogen-bond donors (Lipinski definition) is 0. The molecule has 1 heterocycles. The van der Waals surface area contributed by atoms with Gasteiger partial charge in [0.25, 0.3) is 0 Å². The van der Waals surface area contributed by atoms with Crippen molar-refractivity contribution in [3.63, 3.8) is 0 Å². The first-order valence-corrected chi connectivity index (χ1v) is 3.59. The van der Waals surface area contributed by atoms with Crippen molar-refractivity contribution in [2.45, 2.75) is 13.3 Å². The Morgan fingerprint density at radius 1 is 1.86 bits per heavy atom. The molecule has 0 radical (unpaired) electrons. The van der Waals surface area contributed by atoms with E-state index in [0.29, 0.717) is 0 Å². The summed E-state index contributed by atoms with van der Waals surface area (Å²) in [5, 5.41) is 0. The third kappa shape index (κ3) is 1.35. The van der Waals surface area contributed by atoms with E-state index in [2.05, 4.69) is 6.92 Å². The van der Waals surface area contributed by atoms with E-state index in [4.69, 9.17) is 4.18 Å². The average molecular weight is 118 g/mol. The average Bonchev–Trinajstić information content (AvgIpc) is 2.14. The molecule has 1 atom stereocenters. The monoisotopic (exact) mass is 118 g/mol. The predicted octanol–water partition coefficient (Wildman–Crippen LogP) is 1.69. The third-order valence-corrected chi connectivity index (χ3v) is 2.18. The summed E-state index contributed by atoms with van der Waals surface area (Å²) in [4.78, 5) is 0. The quantitative estimate of drug-likeness (QED) is 0.484. The van der Waals surface area contributed by atoms with Crippen LogP contribution >= 0.6 is 12.0 Å². The highest BCUT2D eigenvalue weighted by Gasteiger charge is 2.13. The van der Waals surface area contributed by atoms with Crippen molar-refractivity contribution in [3.05, 3.63) is 0 Å². The summed E-state index contributed by atoms with van der Waals surface area (Å²) in [7, 11) is 0. The zero-order chi connectivity index (χ0) is 5.11. The van der Waals surface area contributed by atoms with E-state index < -0.39 is 0 Å². The first kappa shape index (κ1) is 5.45. The molecule has 42 valence electrons. The van der Waals surface area contributed by atoms with Crippen molar-refractivity contribution in [3.8, 4) is 0 Å². The predicted molar refractivity (Wildman–Crippen MR) is 32.2 cm³/mol. The summed E-state index contributed by atoms with van der Waals surface area (Å²) in [6.07, 6.45) is 1.27. The molecule has 1 unspecified atom stereocenters. The lowest BCUT2D eigenvalue weighted by molar-refractivity contribution is 0.336. The summed E-state index contributed by atoms with van der Waals surface area (Å²) < 4.78 is 5.06. The van der Waals surface area contributed by atoms with Crippen LogP contribution in [-0.4, -0.2) is 12.4 Å². The summed E-state index contributed by atoms with van der Waals surface area (Å²) in [6, 6.07) is 0. The van der Waals surface area contributed by atoms with Gasteiger partial charge < -0.3 is 4.18 Å². The van der Waals surface area contributed by atoms with Crippen LogP contribution in [0.5, 0.6) is 0 Å². The van der Waals surface area contributed by atoms with Gasteiger partial charge in [0.2, 0.25) is 0 Å². The van der Waals surface area contributed by atoms with Gasteiger partial charge in [0.05, 0.1) is 6.61 Å². The van der Waals surface area contributed by atoms with Crippen LogP contribution in [0.25, 0.3) is 0 Å². The van der Waals surface area contributed by atoms with E-state index in [-0.39, 0.29) is 0 Å². The maximum absolute atomic E-state index is 5.06. The van der Waals surface area contributed by atoms with Crippen LogP contribution in [0, 0.1) is 5.92 Å². The lowest BCUT2D eigenvalue weighted by Crippen LogP contribution is -1.98. The standard InChI is InChI=1S/C5H10OS/c1-2-5-3-6-7-4-5/h5H,2-4H2,1H3. The van der Waals surface area contributed by atoms with Crippen LogP contribution in [0.4, 0.5) is 0 Å². The summed E-state index contributed by atoms with van der Waals surface area (Å²) >= 11 is 1.61. The first-order chi connectivity index (χ1) is 3.43. The first-order valence-electron chi connectivity index (χ1n) is 2.68. The minimum Gasteiger partial charge on any atom is -0.315 e. The molecule has 1 aliphatic heterocycles.